The predicted octanol–water partition coefficient (Wildman–Crippen LogP) is -0.601. The van der Waals surface area contributed by atoms with Crippen LogP contribution in [-0.4, -0.2) is 16.8 Å². The third-order valence-corrected chi connectivity index (χ3v) is 0.862. The molecule has 0 saturated carbocycles. The van der Waals surface area contributed by atoms with E-state index in [2.05, 4.69) is 14.6 Å². The van der Waals surface area contributed by atoms with Gasteiger partial charge in [-0.1, -0.05) is 0 Å². The van der Waals surface area contributed by atoms with Gasteiger partial charge in [-0.2, -0.15) is 9.78 Å². The quantitative estimate of drug-likeness (QED) is 0.225. The molecule has 7 nitrogen and oxygen atoms in total. The number of carbonyl (C=O) groups excluding carboxylic acids is 1. The Balaban J connectivity index is 2.43. The first-order valence-electron chi connectivity index (χ1n) is 2.28. The lowest BCUT2D eigenvalue weighted by Crippen LogP contribution is -2.25. The molecule has 0 N–H and O–H groups in total. The van der Waals surface area contributed by atoms with Crippen LogP contribution < -0.4 is 0 Å². The molecule has 0 aromatic heterocycles. The van der Waals surface area contributed by atoms with Gasteiger partial charge in [-0.25, -0.2) is 4.84 Å². The van der Waals surface area contributed by atoms with Crippen molar-refractivity contribution in [2.45, 2.75) is 12.7 Å². The van der Waals surface area contributed by atoms with E-state index in [1.54, 1.807) is 0 Å². The second kappa shape index (κ2) is 1.89. The summed E-state index contributed by atoms with van der Waals surface area (Å²) in [4.78, 5) is 31.6. The highest BCUT2D eigenvalue weighted by atomic mass is 17.4. The van der Waals surface area contributed by atoms with Crippen molar-refractivity contribution in [1.29, 1.82) is 0 Å². The molecule has 0 bridgehead atoms. The molecular formula is C3H3NO6. The van der Waals surface area contributed by atoms with Crippen molar-refractivity contribution in [3.63, 3.8) is 0 Å². The SMILES string of the molecule is CC1(C(=O)O[N+](=O)[O-])OO1. The Labute approximate surface area is 54.5 Å². The maximum absolute atomic E-state index is 10.4. The standard InChI is InChI=1S/C3H3NO6/c1-3(9-10-3)2(5)8-4(6)7/h1H3. The molecule has 0 spiro atoms. The molecule has 1 saturated heterocycles. The van der Waals surface area contributed by atoms with Crippen molar-refractivity contribution in [2.75, 3.05) is 0 Å². The van der Waals surface area contributed by atoms with Gasteiger partial charge in [-0.05, 0) is 0 Å². The topological polar surface area (TPSA) is 94.5 Å². The highest BCUT2D eigenvalue weighted by molar-refractivity contribution is 5.77. The first kappa shape index (κ1) is 6.90. The molecule has 0 aromatic rings. The van der Waals surface area contributed by atoms with E-state index in [0.717, 1.165) is 0 Å². The van der Waals surface area contributed by atoms with Gasteiger partial charge in [0, 0.05) is 6.92 Å². The number of carbonyl (C=O) groups is 1. The van der Waals surface area contributed by atoms with E-state index >= 15 is 0 Å². The van der Waals surface area contributed by atoms with Crippen LogP contribution in [-0.2, 0) is 19.4 Å². The number of nitrogens with zero attached hydrogens (tertiary/aromatic N) is 1. The van der Waals surface area contributed by atoms with Crippen LogP contribution in [0.3, 0.4) is 0 Å². The van der Waals surface area contributed by atoms with E-state index in [4.69, 9.17) is 0 Å². The van der Waals surface area contributed by atoms with Crippen molar-refractivity contribution in [1.82, 2.24) is 0 Å². The summed E-state index contributed by atoms with van der Waals surface area (Å²) >= 11 is 0. The highest BCUT2D eigenvalue weighted by Gasteiger charge is 2.54. The van der Waals surface area contributed by atoms with E-state index in [9.17, 15) is 14.9 Å². The molecule has 7 heteroatoms. The smallest absolute Gasteiger partial charge is 0.262 e. The molecule has 0 amide bonds. The summed E-state index contributed by atoms with van der Waals surface area (Å²) in [6.07, 6.45) is 0. The van der Waals surface area contributed by atoms with Gasteiger partial charge >= 0.3 is 16.8 Å². The molecule has 1 rings (SSSR count). The molecule has 56 valence electrons. The second-order valence-electron chi connectivity index (χ2n) is 1.71. The Hall–Kier alpha value is -1.21. The van der Waals surface area contributed by atoms with Gasteiger partial charge < -0.3 is 0 Å². The van der Waals surface area contributed by atoms with Crippen LogP contribution in [0.2, 0.25) is 0 Å². The predicted molar refractivity (Wildman–Crippen MR) is 23.7 cm³/mol. The maximum atomic E-state index is 10.4. The fourth-order valence-electron chi connectivity index (χ4n) is 0.281. The Morgan fingerprint density at radius 3 is 2.50 bits per heavy atom. The van der Waals surface area contributed by atoms with E-state index in [1.165, 1.54) is 6.92 Å². The first-order valence-corrected chi connectivity index (χ1v) is 2.28. The fourth-order valence-corrected chi connectivity index (χ4v) is 0.281. The summed E-state index contributed by atoms with van der Waals surface area (Å²) in [7, 11) is 0. The Bertz CT molecular complexity index is 183. The minimum Gasteiger partial charge on any atom is -0.262 e. The monoisotopic (exact) mass is 149 g/mol. The lowest BCUT2D eigenvalue weighted by Gasteiger charge is -1.93. The molecule has 1 heterocycles. The third-order valence-electron chi connectivity index (χ3n) is 0.862. The van der Waals surface area contributed by atoms with Gasteiger partial charge in [0.15, 0.2) is 0 Å². The van der Waals surface area contributed by atoms with Crippen LogP contribution in [0.1, 0.15) is 6.92 Å². The van der Waals surface area contributed by atoms with Crippen molar-refractivity contribution in [2.24, 2.45) is 0 Å². The molecule has 0 atom stereocenters. The van der Waals surface area contributed by atoms with Crippen LogP contribution >= 0.6 is 0 Å². The molecule has 0 aromatic carbocycles. The molecular weight excluding hydrogens is 146 g/mol. The van der Waals surface area contributed by atoms with Crippen LogP contribution in [0.15, 0.2) is 0 Å². The van der Waals surface area contributed by atoms with E-state index < -0.39 is 16.8 Å². The first-order chi connectivity index (χ1) is 4.54. The summed E-state index contributed by atoms with van der Waals surface area (Å²) in [6.45, 7) is 1.21. The van der Waals surface area contributed by atoms with Gasteiger partial charge in [0.2, 0.25) is 0 Å². The number of hydrogen-bond donors (Lipinski definition) is 0. The lowest BCUT2D eigenvalue weighted by molar-refractivity contribution is -0.730. The molecule has 1 aliphatic heterocycles. The van der Waals surface area contributed by atoms with Crippen molar-refractivity contribution in [3.8, 4) is 0 Å². The third kappa shape index (κ3) is 1.20. The molecule has 0 radical (unpaired) electrons. The Morgan fingerprint density at radius 1 is 1.70 bits per heavy atom. The summed E-state index contributed by atoms with van der Waals surface area (Å²) in [5, 5.41) is 8.31. The van der Waals surface area contributed by atoms with E-state index in [0.29, 0.717) is 0 Å². The molecule has 0 aliphatic carbocycles. The van der Waals surface area contributed by atoms with Crippen LogP contribution in [0.25, 0.3) is 0 Å². The number of hydrogen-bond acceptors (Lipinski definition) is 6. The van der Waals surface area contributed by atoms with Crippen molar-refractivity contribution >= 4 is 5.97 Å². The zero-order chi connectivity index (χ0) is 7.78. The largest absolute Gasteiger partial charge is 0.368 e. The maximum Gasteiger partial charge on any atom is 0.368 e. The fraction of sp³-hybridized carbons (Fsp3) is 0.667. The summed E-state index contributed by atoms with van der Waals surface area (Å²) in [5.41, 5.74) is 0. The van der Waals surface area contributed by atoms with Crippen molar-refractivity contribution < 1.29 is 24.5 Å². The molecule has 0 unspecified atom stereocenters. The van der Waals surface area contributed by atoms with Gasteiger partial charge in [0.05, 0.1) is 0 Å². The zero-order valence-corrected chi connectivity index (χ0v) is 4.90. The van der Waals surface area contributed by atoms with E-state index in [-0.39, 0.29) is 0 Å². The summed E-state index contributed by atoms with van der Waals surface area (Å²) in [6, 6.07) is 0. The zero-order valence-electron chi connectivity index (χ0n) is 4.90. The van der Waals surface area contributed by atoms with Gasteiger partial charge in [-0.15, -0.1) is 10.1 Å². The van der Waals surface area contributed by atoms with Gasteiger partial charge in [-0.3, -0.25) is 4.79 Å². The Morgan fingerprint density at radius 2 is 2.20 bits per heavy atom. The normalized spacial score (nSPS) is 19.7. The molecule has 10 heavy (non-hydrogen) atoms. The summed E-state index contributed by atoms with van der Waals surface area (Å²) in [5.74, 6) is -2.73. The van der Waals surface area contributed by atoms with Crippen LogP contribution in [0.5, 0.6) is 0 Å². The van der Waals surface area contributed by atoms with Gasteiger partial charge in [0.1, 0.15) is 0 Å². The Kier molecular flexibility index (Phi) is 1.30. The van der Waals surface area contributed by atoms with E-state index in [1.807, 2.05) is 0 Å². The summed E-state index contributed by atoms with van der Waals surface area (Å²) < 4.78 is 0. The molecule has 1 fully saturated rings. The van der Waals surface area contributed by atoms with Crippen LogP contribution in [0.4, 0.5) is 0 Å². The van der Waals surface area contributed by atoms with Crippen LogP contribution in [0, 0.1) is 10.1 Å². The molecule has 1 aliphatic rings. The number of rotatable bonds is 2. The minimum atomic E-state index is -1.56. The second-order valence-corrected chi connectivity index (χ2v) is 1.71. The van der Waals surface area contributed by atoms with Gasteiger partial charge in [0.25, 0.3) is 0 Å². The average molecular weight is 149 g/mol. The highest BCUT2D eigenvalue weighted by Crippen LogP contribution is 2.29. The van der Waals surface area contributed by atoms with Crippen molar-refractivity contribution in [3.05, 3.63) is 10.1 Å². The average Bonchev–Trinajstić information content (AvgIpc) is 2.47. The minimum absolute atomic E-state index is 1.17. The lowest BCUT2D eigenvalue weighted by atomic mass is 10.4.